The highest BCUT2D eigenvalue weighted by Gasteiger charge is 2.09. The fourth-order valence-corrected chi connectivity index (χ4v) is 0.835. The van der Waals surface area contributed by atoms with Crippen LogP contribution in [0, 0.1) is 0 Å². The number of amidine groups is 1. The van der Waals surface area contributed by atoms with E-state index in [0.717, 1.165) is 11.8 Å². The monoisotopic (exact) mass is 116 g/mol. The molecule has 0 bridgehead atoms. The first-order valence-electron chi connectivity index (χ1n) is 1.79. The topological polar surface area (TPSA) is 55.4 Å². The molecule has 0 saturated carbocycles. The van der Waals surface area contributed by atoms with Crippen LogP contribution in [0.25, 0.3) is 0 Å². The van der Waals surface area contributed by atoms with E-state index in [4.69, 9.17) is 5.73 Å². The summed E-state index contributed by atoms with van der Waals surface area (Å²) in [5.41, 5.74) is 5.13. The van der Waals surface area contributed by atoms with Crippen molar-refractivity contribution < 1.29 is 4.79 Å². The molecule has 7 heavy (non-hydrogen) atoms. The van der Waals surface area contributed by atoms with Crippen molar-refractivity contribution >= 4 is 22.8 Å². The van der Waals surface area contributed by atoms with Crippen molar-refractivity contribution in [2.45, 2.75) is 0 Å². The lowest BCUT2D eigenvalue weighted by Gasteiger charge is -1.75. The molecule has 0 aromatic heterocycles. The zero-order valence-corrected chi connectivity index (χ0v) is 4.36. The lowest BCUT2D eigenvalue weighted by molar-refractivity contribution is 0.268. The van der Waals surface area contributed by atoms with Crippen molar-refractivity contribution in [1.82, 2.24) is 0 Å². The Morgan fingerprint density at radius 2 is 2.57 bits per heavy atom. The summed E-state index contributed by atoms with van der Waals surface area (Å²) < 4.78 is 0. The van der Waals surface area contributed by atoms with Crippen molar-refractivity contribution in [2.24, 2.45) is 10.7 Å². The van der Waals surface area contributed by atoms with Gasteiger partial charge in [-0.1, -0.05) is 11.8 Å². The Morgan fingerprint density at radius 1 is 1.86 bits per heavy atom. The van der Waals surface area contributed by atoms with Crippen molar-refractivity contribution in [1.29, 1.82) is 0 Å². The molecule has 0 radical (unpaired) electrons. The number of carbonyl (C=O) groups excluding carboxylic acids is 1. The molecular formula is C3H4N2OS. The van der Waals surface area contributed by atoms with Crippen LogP contribution in [0.15, 0.2) is 4.99 Å². The highest BCUT2D eigenvalue weighted by molar-refractivity contribution is 8.14. The van der Waals surface area contributed by atoms with Gasteiger partial charge in [0, 0.05) is 0 Å². The third-order valence-electron chi connectivity index (χ3n) is 0.578. The Balaban J connectivity index is 2.67. The van der Waals surface area contributed by atoms with Gasteiger partial charge >= 0.3 is 5.24 Å². The Hall–Kier alpha value is -0.510. The molecule has 1 heterocycles. The maximum Gasteiger partial charge on any atom is 0.306 e. The van der Waals surface area contributed by atoms with Gasteiger partial charge in [0.25, 0.3) is 0 Å². The maximum atomic E-state index is 10.1. The molecule has 2 N–H and O–H groups in total. The van der Waals surface area contributed by atoms with Crippen LogP contribution in [0.1, 0.15) is 0 Å². The fraction of sp³-hybridized carbons (Fsp3) is 0.333. The molecular weight excluding hydrogens is 112 g/mol. The number of hydrogen-bond donors (Lipinski definition) is 1. The highest BCUT2D eigenvalue weighted by Crippen LogP contribution is 2.10. The van der Waals surface area contributed by atoms with Gasteiger partial charge < -0.3 is 5.73 Å². The van der Waals surface area contributed by atoms with Gasteiger partial charge in [-0.2, -0.15) is 4.99 Å². The Morgan fingerprint density at radius 3 is 2.71 bits per heavy atom. The van der Waals surface area contributed by atoms with Crippen LogP contribution >= 0.6 is 11.8 Å². The van der Waals surface area contributed by atoms with Crippen LogP contribution < -0.4 is 5.73 Å². The number of thioether (sulfide) groups is 1. The van der Waals surface area contributed by atoms with Crippen molar-refractivity contribution in [2.75, 3.05) is 5.75 Å². The zero-order chi connectivity index (χ0) is 5.28. The molecule has 3 nitrogen and oxygen atoms in total. The fourth-order valence-electron chi connectivity index (χ4n) is 0.317. The third-order valence-corrected chi connectivity index (χ3v) is 1.36. The Kier molecular flexibility index (Phi) is 1.02. The largest absolute Gasteiger partial charge is 0.386 e. The molecule has 0 atom stereocenters. The molecule has 0 unspecified atom stereocenters. The molecule has 0 saturated heterocycles. The quantitative estimate of drug-likeness (QED) is 0.492. The smallest absolute Gasteiger partial charge is 0.306 e. The summed E-state index contributed by atoms with van der Waals surface area (Å²) in [4.78, 5) is 13.6. The van der Waals surface area contributed by atoms with Crippen LogP contribution in [0.2, 0.25) is 0 Å². The van der Waals surface area contributed by atoms with E-state index in [1.807, 2.05) is 0 Å². The van der Waals surface area contributed by atoms with Crippen molar-refractivity contribution in [3.8, 4) is 0 Å². The molecule has 38 valence electrons. The minimum absolute atomic E-state index is 0.169. The Labute approximate surface area is 45.0 Å². The van der Waals surface area contributed by atoms with Crippen LogP contribution in [0.3, 0.4) is 0 Å². The first-order valence-corrected chi connectivity index (χ1v) is 2.77. The van der Waals surface area contributed by atoms with Gasteiger partial charge in [-0.15, -0.1) is 0 Å². The standard InChI is InChI=1S/C3H4N2OS/c4-2-1-7-3(6)5-2/h1H2,(H2,4,5,6). The predicted molar refractivity (Wildman–Crippen MR) is 29.5 cm³/mol. The summed E-state index contributed by atoms with van der Waals surface area (Å²) >= 11 is 1.14. The van der Waals surface area contributed by atoms with Crippen LogP contribution in [-0.4, -0.2) is 16.8 Å². The number of nitrogens with two attached hydrogens (primary N) is 1. The van der Waals surface area contributed by atoms with E-state index in [1.165, 1.54) is 0 Å². The van der Waals surface area contributed by atoms with E-state index in [0.29, 0.717) is 11.6 Å². The van der Waals surface area contributed by atoms with Gasteiger partial charge in [0.15, 0.2) is 0 Å². The van der Waals surface area contributed by atoms with E-state index in [9.17, 15) is 4.79 Å². The van der Waals surface area contributed by atoms with Gasteiger partial charge in [-0.3, -0.25) is 4.79 Å². The summed E-state index contributed by atoms with van der Waals surface area (Å²) in [7, 11) is 0. The first kappa shape index (κ1) is 4.64. The van der Waals surface area contributed by atoms with Crippen molar-refractivity contribution in [3.63, 3.8) is 0 Å². The molecule has 0 aromatic carbocycles. The first-order chi connectivity index (χ1) is 3.29. The Bertz CT molecular complexity index is 131. The second-order valence-corrected chi connectivity index (χ2v) is 2.08. The minimum atomic E-state index is -0.169. The van der Waals surface area contributed by atoms with Gasteiger partial charge in [0.2, 0.25) is 0 Å². The second-order valence-electron chi connectivity index (χ2n) is 1.16. The van der Waals surface area contributed by atoms with Gasteiger partial charge in [-0.05, 0) is 0 Å². The van der Waals surface area contributed by atoms with E-state index < -0.39 is 0 Å². The molecule has 1 aliphatic rings. The van der Waals surface area contributed by atoms with Gasteiger partial charge in [0.1, 0.15) is 5.84 Å². The summed E-state index contributed by atoms with van der Waals surface area (Å²) in [5.74, 6) is 1.01. The number of amides is 1. The number of nitrogens with zero attached hydrogens (tertiary/aromatic N) is 1. The average Bonchev–Trinajstić information content (AvgIpc) is 1.87. The number of rotatable bonds is 0. The normalized spacial score (nSPS) is 20.0. The average molecular weight is 116 g/mol. The third kappa shape index (κ3) is 0.928. The van der Waals surface area contributed by atoms with E-state index >= 15 is 0 Å². The van der Waals surface area contributed by atoms with E-state index in [1.54, 1.807) is 0 Å². The molecule has 0 aromatic rings. The van der Waals surface area contributed by atoms with E-state index in [-0.39, 0.29) is 5.24 Å². The van der Waals surface area contributed by atoms with Crippen LogP contribution in [0.5, 0.6) is 0 Å². The van der Waals surface area contributed by atoms with Crippen LogP contribution in [-0.2, 0) is 0 Å². The maximum absolute atomic E-state index is 10.1. The molecule has 0 aliphatic carbocycles. The number of aliphatic imine (C=N–C) groups is 1. The summed E-state index contributed by atoms with van der Waals surface area (Å²) in [6.07, 6.45) is 0. The lowest BCUT2D eigenvalue weighted by Crippen LogP contribution is -2.09. The summed E-state index contributed by atoms with van der Waals surface area (Å²) in [6.45, 7) is 0. The molecule has 4 heteroatoms. The predicted octanol–water partition coefficient (Wildman–Crippen LogP) is 0.210. The summed E-state index contributed by atoms with van der Waals surface area (Å²) in [5, 5.41) is -0.169. The summed E-state index contributed by atoms with van der Waals surface area (Å²) in [6, 6.07) is 0. The second kappa shape index (κ2) is 1.54. The SMILES string of the molecule is NC1=NC(=O)SC1. The van der Waals surface area contributed by atoms with Gasteiger partial charge in [-0.25, -0.2) is 0 Å². The lowest BCUT2D eigenvalue weighted by atomic mass is 10.7. The number of hydrogen-bond acceptors (Lipinski definition) is 3. The zero-order valence-electron chi connectivity index (χ0n) is 3.55. The molecule has 0 spiro atoms. The van der Waals surface area contributed by atoms with Gasteiger partial charge in [0.05, 0.1) is 5.75 Å². The molecule has 1 aliphatic heterocycles. The molecule has 0 fully saturated rings. The van der Waals surface area contributed by atoms with E-state index in [2.05, 4.69) is 4.99 Å². The number of carbonyl (C=O) groups is 1. The van der Waals surface area contributed by atoms with Crippen LogP contribution in [0.4, 0.5) is 4.79 Å². The molecule has 1 rings (SSSR count). The highest BCUT2D eigenvalue weighted by atomic mass is 32.2. The molecule has 1 amide bonds. The van der Waals surface area contributed by atoms with Crippen molar-refractivity contribution in [3.05, 3.63) is 0 Å². The minimum Gasteiger partial charge on any atom is -0.386 e.